The van der Waals surface area contributed by atoms with E-state index in [0.717, 1.165) is 17.3 Å². The summed E-state index contributed by atoms with van der Waals surface area (Å²) in [5, 5.41) is 0. The average Bonchev–Trinajstić information content (AvgIpc) is 2.77. The van der Waals surface area contributed by atoms with Crippen molar-refractivity contribution in [2.45, 2.75) is 19.8 Å². The molecule has 6 heteroatoms. The Bertz CT molecular complexity index is 513. The van der Waals surface area contributed by atoms with Crippen LogP contribution in [0.1, 0.15) is 30.3 Å². The van der Waals surface area contributed by atoms with Crippen LogP contribution in [0.25, 0.3) is 0 Å². The lowest BCUT2D eigenvalue weighted by Gasteiger charge is -2.31. The molecule has 0 aromatic carbocycles. The summed E-state index contributed by atoms with van der Waals surface area (Å²) in [7, 11) is 1.84. The maximum absolute atomic E-state index is 12.5. The summed E-state index contributed by atoms with van der Waals surface area (Å²) in [6.07, 6.45) is 3.47. The zero-order valence-corrected chi connectivity index (χ0v) is 13.4. The predicted molar refractivity (Wildman–Crippen MR) is 78.4 cm³/mol. The van der Waals surface area contributed by atoms with Gasteiger partial charge in [-0.05, 0) is 41.8 Å². The van der Waals surface area contributed by atoms with Crippen LogP contribution in [0, 0.1) is 5.92 Å². The van der Waals surface area contributed by atoms with Gasteiger partial charge in [-0.15, -0.1) is 0 Å². The van der Waals surface area contributed by atoms with Crippen molar-refractivity contribution < 1.29 is 14.3 Å². The van der Waals surface area contributed by atoms with Crippen LogP contribution in [0.5, 0.6) is 0 Å². The number of hydrogen-bond donors (Lipinski definition) is 0. The van der Waals surface area contributed by atoms with Crippen LogP contribution in [0.4, 0.5) is 0 Å². The second kappa shape index (κ2) is 6.43. The van der Waals surface area contributed by atoms with E-state index in [-0.39, 0.29) is 17.8 Å². The summed E-state index contributed by atoms with van der Waals surface area (Å²) in [4.78, 5) is 26.0. The van der Waals surface area contributed by atoms with E-state index in [4.69, 9.17) is 4.74 Å². The van der Waals surface area contributed by atoms with Gasteiger partial charge in [0.25, 0.3) is 5.91 Å². The van der Waals surface area contributed by atoms with Crippen molar-refractivity contribution in [3.05, 3.63) is 22.4 Å². The Hall–Kier alpha value is -1.30. The number of ether oxygens (including phenoxy) is 1. The summed E-state index contributed by atoms with van der Waals surface area (Å²) >= 11 is 3.37. The van der Waals surface area contributed by atoms with E-state index in [1.807, 2.05) is 13.2 Å². The first-order chi connectivity index (χ1) is 9.52. The highest BCUT2D eigenvalue weighted by Crippen LogP contribution is 2.21. The van der Waals surface area contributed by atoms with Gasteiger partial charge in [-0.1, -0.05) is 0 Å². The minimum atomic E-state index is -0.198. The molecule has 1 saturated heterocycles. The number of nitrogens with zero attached hydrogens (tertiary/aromatic N) is 2. The highest BCUT2D eigenvalue weighted by atomic mass is 79.9. The summed E-state index contributed by atoms with van der Waals surface area (Å²) in [6, 6.07) is 1.80. The number of rotatable bonds is 3. The largest absolute Gasteiger partial charge is 0.466 e. The Morgan fingerprint density at radius 1 is 1.50 bits per heavy atom. The first-order valence-electron chi connectivity index (χ1n) is 6.80. The van der Waals surface area contributed by atoms with Crippen molar-refractivity contribution in [3.8, 4) is 0 Å². The van der Waals surface area contributed by atoms with Gasteiger partial charge in [-0.25, -0.2) is 0 Å². The number of halogens is 1. The number of likely N-dealkylation sites (tertiary alicyclic amines) is 1. The Morgan fingerprint density at radius 3 is 2.85 bits per heavy atom. The van der Waals surface area contributed by atoms with Gasteiger partial charge >= 0.3 is 5.97 Å². The molecule has 0 saturated carbocycles. The molecule has 1 atom stereocenters. The molecule has 2 rings (SSSR count). The second-order valence-corrected chi connectivity index (χ2v) is 5.91. The molecule has 1 aliphatic rings. The topological polar surface area (TPSA) is 51.5 Å². The van der Waals surface area contributed by atoms with Crippen LogP contribution >= 0.6 is 15.9 Å². The van der Waals surface area contributed by atoms with Crippen LogP contribution in [-0.4, -0.2) is 41.0 Å². The highest BCUT2D eigenvalue weighted by Gasteiger charge is 2.30. The molecular weight excluding hydrogens is 324 g/mol. The molecule has 0 radical (unpaired) electrons. The molecule has 1 amide bonds. The first-order valence-corrected chi connectivity index (χ1v) is 7.60. The monoisotopic (exact) mass is 342 g/mol. The van der Waals surface area contributed by atoms with Crippen molar-refractivity contribution in [1.82, 2.24) is 9.47 Å². The number of amides is 1. The van der Waals surface area contributed by atoms with Crippen LogP contribution in [0.15, 0.2) is 16.7 Å². The van der Waals surface area contributed by atoms with Gasteiger partial charge in [0.1, 0.15) is 5.69 Å². The summed E-state index contributed by atoms with van der Waals surface area (Å²) in [5.41, 5.74) is 0.626. The number of carbonyl (C=O) groups is 2. The van der Waals surface area contributed by atoms with Gasteiger partial charge in [-0.3, -0.25) is 9.59 Å². The van der Waals surface area contributed by atoms with E-state index < -0.39 is 0 Å². The molecule has 110 valence electrons. The fraction of sp³-hybridized carbons (Fsp3) is 0.571. The van der Waals surface area contributed by atoms with Crippen molar-refractivity contribution >= 4 is 27.8 Å². The normalized spacial score (nSPS) is 18.9. The van der Waals surface area contributed by atoms with E-state index >= 15 is 0 Å². The quantitative estimate of drug-likeness (QED) is 0.791. The van der Waals surface area contributed by atoms with Crippen molar-refractivity contribution in [2.24, 2.45) is 13.0 Å². The molecule has 1 aliphatic heterocycles. The van der Waals surface area contributed by atoms with E-state index in [1.165, 1.54) is 0 Å². The number of carbonyl (C=O) groups excluding carboxylic acids is 2. The van der Waals surface area contributed by atoms with E-state index in [9.17, 15) is 9.59 Å². The van der Waals surface area contributed by atoms with Crippen LogP contribution in [0.3, 0.4) is 0 Å². The van der Waals surface area contributed by atoms with Gasteiger partial charge < -0.3 is 14.2 Å². The molecule has 1 aromatic heterocycles. The zero-order valence-electron chi connectivity index (χ0n) is 11.8. The number of piperidine rings is 1. The molecule has 1 aromatic rings. The molecular formula is C14H19BrN2O3. The number of hydrogen-bond acceptors (Lipinski definition) is 3. The van der Waals surface area contributed by atoms with Gasteiger partial charge in [0, 0.05) is 30.8 Å². The molecule has 1 unspecified atom stereocenters. The second-order valence-electron chi connectivity index (χ2n) is 5.00. The third-order valence-corrected chi connectivity index (χ3v) is 3.95. The number of aryl methyl sites for hydroxylation is 1. The van der Waals surface area contributed by atoms with E-state index in [2.05, 4.69) is 15.9 Å². The summed E-state index contributed by atoms with van der Waals surface area (Å²) < 4.78 is 7.72. The molecule has 0 spiro atoms. The Kier molecular flexibility index (Phi) is 4.86. The Labute approximate surface area is 127 Å². The Morgan fingerprint density at radius 2 is 2.25 bits per heavy atom. The van der Waals surface area contributed by atoms with Crippen LogP contribution < -0.4 is 0 Å². The minimum absolute atomic E-state index is 0.0350. The highest BCUT2D eigenvalue weighted by molar-refractivity contribution is 9.10. The van der Waals surface area contributed by atoms with Crippen LogP contribution in [0.2, 0.25) is 0 Å². The fourth-order valence-corrected chi connectivity index (χ4v) is 3.04. The minimum Gasteiger partial charge on any atom is -0.466 e. The summed E-state index contributed by atoms with van der Waals surface area (Å²) in [5.74, 6) is -0.429. The molecule has 1 fully saturated rings. The van der Waals surface area contributed by atoms with Gasteiger partial charge in [-0.2, -0.15) is 0 Å². The maximum atomic E-state index is 12.5. The lowest BCUT2D eigenvalue weighted by molar-refractivity contribution is -0.149. The molecule has 0 N–H and O–H groups in total. The lowest BCUT2D eigenvalue weighted by Crippen LogP contribution is -2.43. The molecule has 0 aliphatic carbocycles. The van der Waals surface area contributed by atoms with Gasteiger partial charge in [0.2, 0.25) is 0 Å². The van der Waals surface area contributed by atoms with Crippen molar-refractivity contribution in [3.63, 3.8) is 0 Å². The van der Waals surface area contributed by atoms with Crippen molar-refractivity contribution in [1.29, 1.82) is 0 Å². The molecule has 20 heavy (non-hydrogen) atoms. The smallest absolute Gasteiger partial charge is 0.310 e. The third-order valence-electron chi connectivity index (χ3n) is 3.52. The van der Waals surface area contributed by atoms with E-state index in [0.29, 0.717) is 25.4 Å². The van der Waals surface area contributed by atoms with Gasteiger partial charge in [0.05, 0.1) is 12.5 Å². The maximum Gasteiger partial charge on any atom is 0.310 e. The zero-order chi connectivity index (χ0) is 14.7. The standard InChI is InChI=1S/C14H19BrN2O3/c1-3-20-14(19)10-5-4-6-17(8-10)13(18)12-7-11(15)9-16(12)2/h7,9-10H,3-6,8H2,1-2H3. The lowest BCUT2D eigenvalue weighted by atomic mass is 9.98. The molecule has 5 nitrogen and oxygen atoms in total. The SMILES string of the molecule is CCOC(=O)C1CCCN(C(=O)c2cc(Br)cn2C)C1. The van der Waals surface area contributed by atoms with Crippen molar-refractivity contribution in [2.75, 3.05) is 19.7 Å². The van der Waals surface area contributed by atoms with E-state index in [1.54, 1.807) is 22.5 Å². The first kappa shape index (κ1) is 15.1. The third kappa shape index (κ3) is 3.23. The van der Waals surface area contributed by atoms with Crippen LogP contribution in [-0.2, 0) is 16.6 Å². The number of esters is 1. The average molecular weight is 343 g/mol. The molecule has 2 heterocycles. The number of aromatic nitrogens is 1. The van der Waals surface area contributed by atoms with Gasteiger partial charge in [0.15, 0.2) is 0 Å². The predicted octanol–water partition coefficient (Wildman–Crippen LogP) is 2.20. The summed E-state index contributed by atoms with van der Waals surface area (Å²) in [6.45, 7) is 3.32. The fourth-order valence-electron chi connectivity index (χ4n) is 2.51. The Balaban J connectivity index is 2.07. The molecule has 0 bridgehead atoms.